The van der Waals surface area contributed by atoms with Crippen molar-refractivity contribution in [3.8, 4) is 0 Å². The molecule has 0 amide bonds. The zero-order valence-corrected chi connectivity index (χ0v) is 8.94. The summed E-state index contributed by atoms with van der Waals surface area (Å²) >= 11 is 0. The van der Waals surface area contributed by atoms with Crippen molar-refractivity contribution < 1.29 is 14.1 Å². The first-order chi connectivity index (χ1) is 7.11. The van der Waals surface area contributed by atoms with Crippen molar-refractivity contribution in [3.63, 3.8) is 0 Å². The van der Waals surface area contributed by atoms with Gasteiger partial charge in [0.25, 0.3) is 0 Å². The second-order valence-electron chi connectivity index (χ2n) is 3.10. The van der Waals surface area contributed by atoms with Crippen molar-refractivity contribution in [1.82, 2.24) is 0 Å². The minimum Gasteiger partial charge on any atom is -0.480 e. The van der Waals surface area contributed by atoms with Crippen LogP contribution >= 0.6 is 0 Å². The number of rotatable bonds is 5. The summed E-state index contributed by atoms with van der Waals surface area (Å²) in [5, 5.41) is 8.54. The molecule has 0 aliphatic carbocycles. The van der Waals surface area contributed by atoms with Gasteiger partial charge in [0, 0.05) is 10.6 Å². The zero-order chi connectivity index (χ0) is 11.3. The number of aliphatic carboxylic acids is 1. The fourth-order valence-corrected chi connectivity index (χ4v) is 2.21. The molecule has 2 atom stereocenters. The van der Waals surface area contributed by atoms with Gasteiger partial charge in [0.1, 0.15) is 6.04 Å². The van der Waals surface area contributed by atoms with Crippen LogP contribution in [0.2, 0.25) is 0 Å². The van der Waals surface area contributed by atoms with E-state index in [0.29, 0.717) is 4.90 Å². The van der Waals surface area contributed by atoms with E-state index in [1.54, 1.807) is 24.3 Å². The lowest BCUT2D eigenvalue weighted by Crippen LogP contribution is -2.31. The Morgan fingerprint density at radius 1 is 1.40 bits per heavy atom. The van der Waals surface area contributed by atoms with Crippen LogP contribution in [0.1, 0.15) is 6.42 Å². The molecular formula is C10H13NO3S. The summed E-state index contributed by atoms with van der Waals surface area (Å²) in [7, 11) is -1.16. The van der Waals surface area contributed by atoms with Gasteiger partial charge >= 0.3 is 5.97 Å². The van der Waals surface area contributed by atoms with Crippen LogP contribution in [0.3, 0.4) is 0 Å². The van der Waals surface area contributed by atoms with Crippen LogP contribution in [-0.2, 0) is 15.6 Å². The van der Waals surface area contributed by atoms with Crippen LogP contribution in [0.5, 0.6) is 0 Å². The summed E-state index contributed by atoms with van der Waals surface area (Å²) in [6, 6.07) is 8.00. The van der Waals surface area contributed by atoms with Gasteiger partial charge in [-0.3, -0.25) is 9.00 Å². The van der Waals surface area contributed by atoms with E-state index in [1.807, 2.05) is 6.07 Å². The molecule has 1 aromatic rings. The van der Waals surface area contributed by atoms with Gasteiger partial charge in [0.05, 0.1) is 10.8 Å². The van der Waals surface area contributed by atoms with Crippen molar-refractivity contribution in [1.29, 1.82) is 0 Å². The number of hydrogen-bond acceptors (Lipinski definition) is 3. The maximum Gasteiger partial charge on any atom is 0.320 e. The van der Waals surface area contributed by atoms with Crippen LogP contribution in [0.25, 0.3) is 0 Å². The second-order valence-corrected chi connectivity index (χ2v) is 4.67. The fourth-order valence-electron chi connectivity index (χ4n) is 1.05. The normalized spacial score (nSPS) is 14.5. The number of carboxylic acids is 1. The Bertz CT molecular complexity index is 353. The van der Waals surface area contributed by atoms with Crippen LogP contribution in [-0.4, -0.2) is 27.1 Å². The van der Waals surface area contributed by atoms with Gasteiger partial charge < -0.3 is 10.8 Å². The molecule has 1 unspecified atom stereocenters. The summed E-state index contributed by atoms with van der Waals surface area (Å²) in [6.45, 7) is 0. The second kappa shape index (κ2) is 5.63. The Hall–Kier alpha value is -1.20. The molecule has 0 aromatic heterocycles. The van der Waals surface area contributed by atoms with E-state index in [1.165, 1.54) is 0 Å². The van der Waals surface area contributed by atoms with E-state index in [-0.39, 0.29) is 12.2 Å². The molecule has 5 heteroatoms. The summed E-state index contributed by atoms with van der Waals surface area (Å²) < 4.78 is 11.6. The molecule has 0 spiro atoms. The van der Waals surface area contributed by atoms with E-state index in [4.69, 9.17) is 10.8 Å². The van der Waals surface area contributed by atoms with Gasteiger partial charge in [-0.15, -0.1) is 0 Å². The monoisotopic (exact) mass is 227 g/mol. The molecule has 82 valence electrons. The number of benzene rings is 1. The lowest BCUT2D eigenvalue weighted by molar-refractivity contribution is -0.138. The number of carbonyl (C=O) groups is 1. The van der Waals surface area contributed by atoms with Gasteiger partial charge in [0.2, 0.25) is 0 Å². The highest BCUT2D eigenvalue weighted by Crippen LogP contribution is 2.07. The minimum atomic E-state index is -1.16. The molecule has 0 aliphatic heterocycles. The Kier molecular flexibility index (Phi) is 4.45. The SMILES string of the molecule is N[C@@H](CCS(=O)c1ccccc1)C(=O)O. The number of hydrogen-bond donors (Lipinski definition) is 2. The number of carboxylic acid groups (broad SMARTS) is 1. The third-order valence-electron chi connectivity index (χ3n) is 1.94. The molecule has 0 heterocycles. The molecular weight excluding hydrogens is 214 g/mol. The van der Waals surface area contributed by atoms with Crippen LogP contribution < -0.4 is 5.73 Å². The van der Waals surface area contributed by atoms with Gasteiger partial charge in [-0.2, -0.15) is 0 Å². The average Bonchev–Trinajstić information content (AvgIpc) is 2.26. The van der Waals surface area contributed by atoms with Crippen molar-refractivity contribution >= 4 is 16.8 Å². The van der Waals surface area contributed by atoms with Gasteiger partial charge in [0.15, 0.2) is 0 Å². The minimum absolute atomic E-state index is 0.219. The smallest absolute Gasteiger partial charge is 0.320 e. The average molecular weight is 227 g/mol. The fraction of sp³-hybridized carbons (Fsp3) is 0.300. The van der Waals surface area contributed by atoms with Gasteiger partial charge in [-0.05, 0) is 18.6 Å². The van der Waals surface area contributed by atoms with Crippen LogP contribution in [0, 0.1) is 0 Å². The summed E-state index contributed by atoms with van der Waals surface area (Å²) in [4.78, 5) is 11.1. The molecule has 15 heavy (non-hydrogen) atoms. The Balaban J connectivity index is 2.47. The third kappa shape index (κ3) is 3.81. The lowest BCUT2D eigenvalue weighted by Gasteiger charge is -2.05. The first kappa shape index (κ1) is 11.9. The molecule has 0 radical (unpaired) electrons. The predicted molar refractivity (Wildman–Crippen MR) is 57.9 cm³/mol. The molecule has 4 nitrogen and oxygen atoms in total. The van der Waals surface area contributed by atoms with Gasteiger partial charge in [-0.25, -0.2) is 0 Å². The molecule has 3 N–H and O–H groups in total. The third-order valence-corrected chi connectivity index (χ3v) is 3.34. The van der Waals surface area contributed by atoms with E-state index in [9.17, 15) is 9.00 Å². The maximum atomic E-state index is 11.6. The molecule has 0 fully saturated rings. The van der Waals surface area contributed by atoms with Gasteiger partial charge in [-0.1, -0.05) is 18.2 Å². The molecule has 0 saturated heterocycles. The Morgan fingerprint density at radius 3 is 2.53 bits per heavy atom. The zero-order valence-electron chi connectivity index (χ0n) is 8.13. The van der Waals surface area contributed by atoms with Crippen molar-refractivity contribution in [2.24, 2.45) is 5.73 Å². The highest BCUT2D eigenvalue weighted by molar-refractivity contribution is 7.85. The first-order valence-corrected chi connectivity index (χ1v) is 5.85. The highest BCUT2D eigenvalue weighted by atomic mass is 32.2. The quantitative estimate of drug-likeness (QED) is 0.771. The first-order valence-electron chi connectivity index (χ1n) is 4.53. The predicted octanol–water partition coefficient (Wildman–Crippen LogP) is 0.596. The standard InChI is InChI=1S/C10H13NO3S/c11-9(10(12)13)6-7-15(14)8-4-2-1-3-5-8/h1-5,9H,6-7,11H2,(H,12,13)/t9-,15?/m0/s1. The summed E-state index contributed by atoms with van der Waals surface area (Å²) in [5.74, 6) is -0.780. The van der Waals surface area contributed by atoms with Crippen LogP contribution in [0.15, 0.2) is 35.2 Å². The number of nitrogens with two attached hydrogens (primary N) is 1. The van der Waals surface area contributed by atoms with E-state index in [2.05, 4.69) is 0 Å². The summed E-state index contributed by atoms with van der Waals surface area (Å²) in [6.07, 6.45) is 0.219. The molecule has 0 bridgehead atoms. The van der Waals surface area contributed by atoms with Crippen molar-refractivity contribution in [2.75, 3.05) is 5.75 Å². The molecule has 1 aromatic carbocycles. The van der Waals surface area contributed by atoms with Crippen LogP contribution in [0.4, 0.5) is 0 Å². The summed E-state index contributed by atoms with van der Waals surface area (Å²) in [5.41, 5.74) is 5.31. The van der Waals surface area contributed by atoms with E-state index < -0.39 is 22.8 Å². The molecule has 0 saturated carbocycles. The Labute approximate surface area is 90.6 Å². The van der Waals surface area contributed by atoms with E-state index in [0.717, 1.165) is 0 Å². The molecule has 0 aliphatic rings. The van der Waals surface area contributed by atoms with E-state index >= 15 is 0 Å². The topological polar surface area (TPSA) is 80.4 Å². The Morgan fingerprint density at radius 2 is 2.00 bits per heavy atom. The molecule has 1 rings (SSSR count). The lowest BCUT2D eigenvalue weighted by atomic mass is 10.2. The highest BCUT2D eigenvalue weighted by Gasteiger charge is 2.13. The van der Waals surface area contributed by atoms with Crippen molar-refractivity contribution in [2.45, 2.75) is 17.4 Å². The van der Waals surface area contributed by atoms with Crippen molar-refractivity contribution in [3.05, 3.63) is 30.3 Å². The largest absolute Gasteiger partial charge is 0.480 e. The maximum absolute atomic E-state index is 11.6.